The van der Waals surface area contributed by atoms with Crippen molar-refractivity contribution < 1.29 is 32.2 Å². The predicted molar refractivity (Wildman–Crippen MR) is 117 cm³/mol. The van der Waals surface area contributed by atoms with Gasteiger partial charge in [0.05, 0.1) is 34.0 Å². The van der Waals surface area contributed by atoms with Gasteiger partial charge in [-0.15, -0.1) is 0 Å². The van der Waals surface area contributed by atoms with E-state index in [4.69, 9.17) is 32.7 Å². The first-order chi connectivity index (χ1) is 15.6. The molecule has 3 rings (SSSR count). The lowest BCUT2D eigenvalue weighted by atomic mass is 10.1. The second-order valence-corrected chi connectivity index (χ2v) is 7.28. The number of nitrogens with one attached hydrogen (secondary N) is 2. The Balaban J connectivity index is 1.89. The summed E-state index contributed by atoms with van der Waals surface area (Å²) in [7, 11) is 1.40. The third-order valence-corrected chi connectivity index (χ3v) is 4.89. The highest BCUT2D eigenvalue weighted by Crippen LogP contribution is 2.39. The Kier molecular flexibility index (Phi) is 7.35. The minimum atomic E-state index is -4.68. The Hall–Kier alpha value is -3.43. The summed E-state index contributed by atoms with van der Waals surface area (Å²) in [6, 6.07) is 12.1. The van der Waals surface area contributed by atoms with Gasteiger partial charge in [0.2, 0.25) is 0 Å². The second kappa shape index (κ2) is 10.0. The first kappa shape index (κ1) is 24.2. The maximum absolute atomic E-state index is 13.2. The summed E-state index contributed by atoms with van der Waals surface area (Å²) >= 11 is 11.9. The van der Waals surface area contributed by atoms with E-state index in [1.165, 1.54) is 31.4 Å². The van der Waals surface area contributed by atoms with E-state index in [9.17, 15) is 22.8 Å². The van der Waals surface area contributed by atoms with Crippen molar-refractivity contribution in [2.45, 2.75) is 6.18 Å². The molecule has 0 bridgehead atoms. The van der Waals surface area contributed by atoms with E-state index in [-0.39, 0.29) is 32.8 Å². The summed E-state index contributed by atoms with van der Waals surface area (Å²) in [5.41, 5.74) is -1.54. The van der Waals surface area contributed by atoms with E-state index in [0.717, 1.165) is 12.1 Å². The van der Waals surface area contributed by atoms with Gasteiger partial charge < -0.3 is 14.8 Å². The number of benzene rings is 3. The molecule has 0 unspecified atom stereocenters. The minimum absolute atomic E-state index is 0.00735. The lowest BCUT2D eigenvalue weighted by molar-refractivity contribution is -0.137. The van der Waals surface area contributed by atoms with Gasteiger partial charge in [0.15, 0.2) is 17.2 Å². The van der Waals surface area contributed by atoms with Crippen LogP contribution in [0.15, 0.2) is 60.7 Å². The number of anilines is 1. The maximum Gasteiger partial charge on any atom is 0.416 e. The summed E-state index contributed by atoms with van der Waals surface area (Å²) in [5.74, 6) is -0.549. The number of amides is 3. The molecule has 0 aliphatic rings. The van der Waals surface area contributed by atoms with E-state index >= 15 is 0 Å². The van der Waals surface area contributed by atoms with Crippen LogP contribution >= 0.6 is 23.2 Å². The lowest BCUT2D eigenvalue weighted by Crippen LogP contribution is -2.34. The van der Waals surface area contributed by atoms with Crippen LogP contribution in [0.1, 0.15) is 15.9 Å². The molecule has 6 nitrogen and oxygen atoms in total. The van der Waals surface area contributed by atoms with E-state index in [2.05, 4.69) is 5.32 Å². The fourth-order valence-corrected chi connectivity index (χ4v) is 3.32. The average molecular weight is 499 g/mol. The zero-order valence-corrected chi connectivity index (χ0v) is 18.3. The van der Waals surface area contributed by atoms with Crippen LogP contribution in [-0.2, 0) is 6.18 Å². The lowest BCUT2D eigenvalue weighted by Gasteiger charge is -2.16. The van der Waals surface area contributed by atoms with Gasteiger partial charge >= 0.3 is 12.2 Å². The number of hydrogen-bond donors (Lipinski definition) is 2. The Morgan fingerprint density at radius 1 is 0.879 bits per heavy atom. The van der Waals surface area contributed by atoms with Crippen LogP contribution < -0.4 is 20.1 Å². The molecule has 0 aromatic heterocycles. The highest BCUT2D eigenvalue weighted by atomic mass is 35.5. The van der Waals surface area contributed by atoms with Crippen LogP contribution in [0.5, 0.6) is 17.2 Å². The average Bonchev–Trinajstić information content (AvgIpc) is 2.74. The second-order valence-electron chi connectivity index (χ2n) is 6.47. The first-order valence-electron chi connectivity index (χ1n) is 9.18. The molecule has 0 saturated carbocycles. The molecule has 0 spiro atoms. The van der Waals surface area contributed by atoms with Gasteiger partial charge in [0.25, 0.3) is 5.91 Å². The molecule has 0 radical (unpaired) electrons. The maximum atomic E-state index is 13.2. The molecule has 11 heteroatoms. The summed E-state index contributed by atoms with van der Waals surface area (Å²) in [6.45, 7) is 0. The van der Waals surface area contributed by atoms with Gasteiger partial charge in [0, 0.05) is 0 Å². The zero-order valence-electron chi connectivity index (χ0n) is 16.8. The number of para-hydroxylation sites is 2. The highest BCUT2D eigenvalue weighted by Gasteiger charge is 2.31. The molecular formula is C22H15Cl2F3N2O4. The summed E-state index contributed by atoms with van der Waals surface area (Å²) in [6.07, 6.45) is -4.68. The van der Waals surface area contributed by atoms with E-state index < -0.39 is 23.7 Å². The van der Waals surface area contributed by atoms with Crippen molar-refractivity contribution in [3.05, 3.63) is 81.8 Å². The molecule has 0 saturated heterocycles. The van der Waals surface area contributed by atoms with Crippen LogP contribution in [0, 0.1) is 0 Å². The number of carbonyl (C=O) groups is 2. The number of hydrogen-bond acceptors (Lipinski definition) is 4. The van der Waals surface area contributed by atoms with Crippen molar-refractivity contribution in [3.63, 3.8) is 0 Å². The van der Waals surface area contributed by atoms with E-state index in [0.29, 0.717) is 11.8 Å². The predicted octanol–water partition coefficient (Wildman–Crippen LogP) is 6.78. The molecule has 0 aliphatic carbocycles. The van der Waals surface area contributed by atoms with Gasteiger partial charge in [-0.05, 0) is 42.5 Å². The molecule has 3 aromatic carbocycles. The fourth-order valence-electron chi connectivity index (χ4n) is 2.75. The molecule has 0 atom stereocenters. The van der Waals surface area contributed by atoms with Gasteiger partial charge in [-0.1, -0.05) is 41.4 Å². The molecule has 172 valence electrons. The number of ether oxygens (including phenoxy) is 2. The van der Waals surface area contributed by atoms with E-state index in [1.807, 2.05) is 5.32 Å². The van der Waals surface area contributed by atoms with Crippen LogP contribution in [-0.4, -0.2) is 19.0 Å². The van der Waals surface area contributed by atoms with Crippen LogP contribution in [0.4, 0.5) is 23.7 Å². The molecular weight excluding hydrogens is 484 g/mol. The molecule has 2 N–H and O–H groups in total. The Labute approximate surface area is 196 Å². The topological polar surface area (TPSA) is 76.7 Å². The summed E-state index contributed by atoms with van der Waals surface area (Å²) in [5, 5.41) is 4.16. The standard InChI is InChI=1S/C22H15Cl2F3N2O4/c1-32-17-7-2-3-8-18(17)33-16-10-9-12(22(25,26)27)11-15(16)28-21(31)29-20(30)19-13(23)5-4-6-14(19)24/h2-11H,1H3,(H2,28,29,30,31). The van der Waals surface area contributed by atoms with Crippen LogP contribution in [0.3, 0.4) is 0 Å². The monoisotopic (exact) mass is 498 g/mol. The normalized spacial score (nSPS) is 11.0. The minimum Gasteiger partial charge on any atom is -0.493 e. The largest absolute Gasteiger partial charge is 0.493 e. The number of alkyl halides is 3. The van der Waals surface area contributed by atoms with Crippen molar-refractivity contribution in [1.82, 2.24) is 5.32 Å². The third kappa shape index (κ3) is 5.88. The van der Waals surface area contributed by atoms with Gasteiger partial charge in [-0.2, -0.15) is 13.2 Å². The van der Waals surface area contributed by atoms with Gasteiger partial charge in [0.1, 0.15) is 0 Å². The van der Waals surface area contributed by atoms with E-state index in [1.54, 1.807) is 18.2 Å². The number of halogens is 5. The summed E-state index contributed by atoms with van der Waals surface area (Å²) in [4.78, 5) is 24.8. The number of rotatable bonds is 5. The Morgan fingerprint density at radius 3 is 2.12 bits per heavy atom. The van der Waals surface area contributed by atoms with Crippen molar-refractivity contribution in [2.24, 2.45) is 0 Å². The molecule has 0 heterocycles. The van der Waals surface area contributed by atoms with Crippen LogP contribution in [0.2, 0.25) is 10.0 Å². The molecule has 33 heavy (non-hydrogen) atoms. The quantitative estimate of drug-likeness (QED) is 0.406. The Bertz CT molecular complexity index is 1180. The van der Waals surface area contributed by atoms with Crippen molar-refractivity contribution in [1.29, 1.82) is 0 Å². The Morgan fingerprint density at radius 2 is 1.52 bits per heavy atom. The molecule has 3 amide bonds. The highest BCUT2D eigenvalue weighted by molar-refractivity contribution is 6.40. The molecule has 0 aliphatic heterocycles. The van der Waals surface area contributed by atoms with Gasteiger partial charge in [-0.25, -0.2) is 4.79 Å². The number of urea groups is 1. The number of carbonyl (C=O) groups excluding carboxylic acids is 2. The first-order valence-corrected chi connectivity index (χ1v) is 9.94. The number of imide groups is 1. The van der Waals surface area contributed by atoms with Crippen molar-refractivity contribution in [2.75, 3.05) is 12.4 Å². The SMILES string of the molecule is COc1ccccc1Oc1ccc(C(F)(F)F)cc1NC(=O)NC(=O)c1c(Cl)cccc1Cl. The summed E-state index contributed by atoms with van der Waals surface area (Å²) < 4.78 is 50.5. The van der Waals surface area contributed by atoms with Crippen LogP contribution in [0.25, 0.3) is 0 Å². The van der Waals surface area contributed by atoms with Crippen molar-refractivity contribution >= 4 is 40.8 Å². The third-order valence-electron chi connectivity index (χ3n) is 4.26. The number of methoxy groups -OCH3 is 1. The molecule has 3 aromatic rings. The van der Waals surface area contributed by atoms with Crippen molar-refractivity contribution in [3.8, 4) is 17.2 Å². The fraction of sp³-hybridized carbons (Fsp3) is 0.0909. The zero-order chi connectivity index (χ0) is 24.2. The molecule has 0 fully saturated rings. The van der Waals surface area contributed by atoms with Gasteiger partial charge in [-0.3, -0.25) is 10.1 Å². The smallest absolute Gasteiger partial charge is 0.416 e.